The van der Waals surface area contributed by atoms with Crippen molar-refractivity contribution in [3.8, 4) is 0 Å². The SMILES string of the molecule is Cc1c(I)cnc(C(F)F)c1C. The standard InChI is InChI=1S/C8H8F2IN/c1-4-5(2)7(8(9)10)12-3-6(4)11/h3,8H,1-2H3. The van der Waals surface area contributed by atoms with Crippen molar-refractivity contribution >= 4 is 22.6 Å². The van der Waals surface area contributed by atoms with E-state index in [1.54, 1.807) is 6.92 Å². The average Bonchev–Trinajstić information content (AvgIpc) is 2.00. The number of aromatic nitrogens is 1. The van der Waals surface area contributed by atoms with Gasteiger partial charge in [-0.25, -0.2) is 8.78 Å². The second-order valence-corrected chi connectivity index (χ2v) is 3.70. The maximum atomic E-state index is 12.3. The third-order valence-electron chi connectivity index (χ3n) is 1.83. The van der Waals surface area contributed by atoms with Crippen LogP contribution in [0.4, 0.5) is 8.78 Å². The highest BCUT2D eigenvalue weighted by Crippen LogP contribution is 2.24. The van der Waals surface area contributed by atoms with Crippen LogP contribution < -0.4 is 0 Å². The van der Waals surface area contributed by atoms with Gasteiger partial charge in [0.15, 0.2) is 0 Å². The van der Waals surface area contributed by atoms with Gasteiger partial charge in [0.2, 0.25) is 0 Å². The maximum Gasteiger partial charge on any atom is 0.280 e. The van der Waals surface area contributed by atoms with Crippen LogP contribution >= 0.6 is 22.6 Å². The van der Waals surface area contributed by atoms with Gasteiger partial charge in [-0.1, -0.05) is 0 Å². The molecular formula is C8H8F2IN. The Labute approximate surface area is 83.3 Å². The first-order chi connectivity index (χ1) is 5.54. The average molecular weight is 283 g/mol. The van der Waals surface area contributed by atoms with E-state index in [-0.39, 0.29) is 5.69 Å². The molecule has 1 nitrogen and oxygen atoms in total. The van der Waals surface area contributed by atoms with Crippen molar-refractivity contribution in [1.82, 2.24) is 4.98 Å². The van der Waals surface area contributed by atoms with Gasteiger partial charge in [-0.3, -0.25) is 4.98 Å². The summed E-state index contributed by atoms with van der Waals surface area (Å²) in [5, 5.41) is 0. The largest absolute Gasteiger partial charge is 0.280 e. The van der Waals surface area contributed by atoms with Crippen LogP contribution in [0.15, 0.2) is 6.20 Å². The van der Waals surface area contributed by atoms with E-state index in [1.807, 2.05) is 6.92 Å². The van der Waals surface area contributed by atoms with Crippen molar-refractivity contribution in [2.75, 3.05) is 0 Å². The van der Waals surface area contributed by atoms with Crippen LogP contribution in [-0.4, -0.2) is 4.98 Å². The third kappa shape index (κ3) is 1.73. The zero-order chi connectivity index (χ0) is 9.30. The van der Waals surface area contributed by atoms with E-state index < -0.39 is 6.43 Å². The molecule has 4 heteroatoms. The lowest BCUT2D eigenvalue weighted by Crippen LogP contribution is -1.98. The Hall–Kier alpha value is -0.260. The van der Waals surface area contributed by atoms with Crippen LogP contribution in [0.5, 0.6) is 0 Å². The summed E-state index contributed by atoms with van der Waals surface area (Å²) in [7, 11) is 0. The second kappa shape index (κ2) is 3.64. The Morgan fingerprint density at radius 1 is 1.33 bits per heavy atom. The lowest BCUT2D eigenvalue weighted by Gasteiger charge is -2.07. The summed E-state index contributed by atoms with van der Waals surface area (Å²) >= 11 is 2.08. The summed E-state index contributed by atoms with van der Waals surface area (Å²) in [6.45, 7) is 3.50. The van der Waals surface area contributed by atoms with Crippen LogP contribution in [-0.2, 0) is 0 Å². The highest BCUT2D eigenvalue weighted by Gasteiger charge is 2.14. The minimum absolute atomic E-state index is 0.104. The molecule has 1 rings (SSSR count). The van der Waals surface area contributed by atoms with Crippen LogP contribution in [0.2, 0.25) is 0 Å². The smallest absolute Gasteiger partial charge is 0.254 e. The maximum absolute atomic E-state index is 12.3. The molecule has 1 aromatic heterocycles. The number of hydrogen-bond acceptors (Lipinski definition) is 1. The summed E-state index contributed by atoms with van der Waals surface area (Å²) in [6.07, 6.45) is -0.995. The molecule has 1 aromatic rings. The molecule has 0 fully saturated rings. The van der Waals surface area contributed by atoms with Gasteiger partial charge < -0.3 is 0 Å². The van der Waals surface area contributed by atoms with Crippen molar-refractivity contribution in [1.29, 1.82) is 0 Å². The summed E-state index contributed by atoms with van der Waals surface area (Å²) < 4.78 is 25.5. The number of hydrogen-bond donors (Lipinski definition) is 0. The van der Waals surface area contributed by atoms with Gasteiger partial charge in [-0.05, 0) is 47.6 Å². The molecule has 0 aliphatic rings. The van der Waals surface area contributed by atoms with E-state index in [4.69, 9.17) is 0 Å². The summed E-state index contributed by atoms with van der Waals surface area (Å²) in [5.41, 5.74) is 1.38. The molecule has 0 radical (unpaired) electrons. The fourth-order valence-corrected chi connectivity index (χ4v) is 1.45. The van der Waals surface area contributed by atoms with Crippen molar-refractivity contribution < 1.29 is 8.78 Å². The first-order valence-corrected chi connectivity index (χ1v) is 4.51. The fourth-order valence-electron chi connectivity index (χ4n) is 0.911. The topological polar surface area (TPSA) is 12.9 Å². The molecular weight excluding hydrogens is 275 g/mol. The molecule has 1 heterocycles. The van der Waals surface area contributed by atoms with Crippen molar-refractivity contribution in [2.24, 2.45) is 0 Å². The Bertz CT molecular complexity index is 299. The molecule has 0 spiro atoms. The van der Waals surface area contributed by atoms with Crippen LogP contribution in [0.3, 0.4) is 0 Å². The minimum Gasteiger partial charge on any atom is -0.254 e. The molecule has 0 aromatic carbocycles. The Morgan fingerprint density at radius 3 is 2.42 bits per heavy atom. The lowest BCUT2D eigenvalue weighted by molar-refractivity contribution is 0.145. The van der Waals surface area contributed by atoms with Gasteiger partial charge in [0.1, 0.15) is 5.69 Å². The normalized spacial score (nSPS) is 10.8. The number of alkyl halides is 2. The van der Waals surface area contributed by atoms with Gasteiger partial charge in [-0.15, -0.1) is 0 Å². The van der Waals surface area contributed by atoms with Crippen molar-refractivity contribution in [3.63, 3.8) is 0 Å². The molecule has 0 N–H and O–H groups in total. The van der Waals surface area contributed by atoms with E-state index in [0.717, 1.165) is 9.13 Å². The van der Waals surface area contributed by atoms with Gasteiger partial charge in [0, 0.05) is 9.77 Å². The molecule has 0 aliphatic carbocycles. The lowest BCUT2D eigenvalue weighted by atomic mass is 10.1. The van der Waals surface area contributed by atoms with E-state index >= 15 is 0 Å². The zero-order valence-corrected chi connectivity index (χ0v) is 8.89. The number of pyridine rings is 1. The highest BCUT2D eigenvalue weighted by molar-refractivity contribution is 14.1. The monoisotopic (exact) mass is 283 g/mol. The molecule has 66 valence electrons. The molecule has 0 saturated carbocycles. The predicted octanol–water partition coefficient (Wildman–Crippen LogP) is 3.24. The van der Waals surface area contributed by atoms with Crippen molar-refractivity contribution in [3.05, 3.63) is 26.6 Å². The first kappa shape index (κ1) is 9.83. The summed E-state index contributed by atoms with van der Waals surface area (Å²) in [4.78, 5) is 3.68. The number of rotatable bonds is 1. The molecule has 12 heavy (non-hydrogen) atoms. The highest BCUT2D eigenvalue weighted by atomic mass is 127. The Morgan fingerprint density at radius 2 is 1.92 bits per heavy atom. The molecule has 0 saturated heterocycles. The van der Waals surface area contributed by atoms with E-state index in [0.29, 0.717) is 5.56 Å². The Kier molecular flexibility index (Phi) is 2.98. The quantitative estimate of drug-likeness (QED) is 0.721. The van der Waals surface area contributed by atoms with Gasteiger partial charge >= 0.3 is 0 Å². The zero-order valence-electron chi connectivity index (χ0n) is 6.74. The summed E-state index contributed by atoms with van der Waals surface area (Å²) in [6, 6.07) is 0. The third-order valence-corrected chi connectivity index (χ3v) is 2.92. The molecule has 0 unspecified atom stereocenters. The molecule has 0 bridgehead atoms. The first-order valence-electron chi connectivity index (χ1n) is 3.43. The molecule has 0 aliphatic heterocycles. The number of halogens is 3. The molecule has 0 amide bonds. The summed E-state index contributed by atoms with van der Waals surface area (Å²) in [5.74, 6) is 0. The van der Waals surface area contributed by atoms with E-state index in [1.165, 1.54) is 6.20 Å². The Balaban J connectivity index is 3.27. The fraction of sp³-hybridized carbons (Fsp3) is 0.375. The minimum atomic E-state index is -2.47. The molecule has 0 atom stereocenters. The van der Waals surface area contributed by atoms with E-state index in [2.05, 4.69) is 27.6 Å². The predicted molar refractivity (Wildman–Crippen MR) is 51.4 cm³/mol. The van der Waals surface area contributed by atoms with Gasteiger partial charge in [-0.2, -0.15) is 0 Å². The van der Waals surface area contributed by atoms with E-state index in [9.17, 15) is 8.78 Å². The van der Waals surface area contributed by atoms with Crippen LogP contribution in [0.1, 0.15) is 23.2 Å². The van der Waals surface area contributed by atoms with Gasteiger partial charge in [0.25, 0.3) is 6.43 Å². The number of nitrogens with zero attached hydrogens (tertiary/aromatic N) is 1. The van der Waals surface area contributed by atoms with Gasteiger partial charge in [0.05, 0.1) is 0 Å². The van der Waals surface area contributed by atoms with Crippen LogP contribution in [0, 0.1) is 17.4 Å². The second-order valence-electron chi connectivity index (χ2n) is 2.54. The van der Waals surface area contributed by atoms with Crippen molar-refractivity contribution in [2.45, 2.75) is 20.3 Å². The van der Waals surface area contributed by atoms with Crippen LogP contribution in [0.25, 0.3) is 0 Å².